The van der Waals surface area contributed by atoms with E-state index in [1.54, 1.807) is 0 Å². The Kier molecular flexibility index (Phi) is 16.5. The molecule has 0 unspecified atom stereocenters. The molecule has 2 amide bonds. The van der Waals surface area contributed by atoms with Gasteiger partial charge in [0.2, 0.25) is 20.0 Å². The first-order valence-corrected chi connectivity index (χ1v) is 21.8. The van der Waals surface area contributed by atoms with Crippen LogP contribution >= 0.6 is 23.2 Å². The van der Waals surface area contributed by atoms with E-state index in [0.29, 0.717) is 12.8 Å². The number of halogens is 4. The van der Waals surface area contributed by atoms with E-state index in [1.165, 1.54) is 28.6 Å². The minimum atomic E-state index is -4.27. The second-order valence-electron chi connectivity index (χ2n) is 13.6. The average molecular weight is 948 g/mol. The second kappa shape index (κ2) is 20.8. The van der Waals surface area contributed by atoms with Gasteiger partial charge in [0.25, 0.3) is 17.5 Å². The molecule has 62 heavy (non-hydrogen) atoms. The minimum absolute atomic E-state index is 0.00123. The molecule has 0 saturated carbocycles. The van der Waals surface area contributed by atoms with Crippen LogP contribution in [0.3, 0.4) is 0 Å². The summed E-state index contributed by atoms with van der Waals surface area (Å²) >= 11 is 11.4. The predicted octanol–water partition coefficient (Wildman–Crippen LogP) is 4.02. The maximum absolute atomic E-state index is 13.3. The highest BCUT2D eigenvalue weighted by Gasteiger charge is 2.35. The summed E-state index contributed by atoms with van der Waals surface area (Å²) < 4.78 is 81.0. The van der Waals surface area contributed by atoms with Gasteiger partial charge >= 0.3 is 0 Å². The summed E-state index contributed by atoms with van der Waals surface area (Å²) in [6, 6.07) is 11.2. The minimum Gasteiger partial charge on any atom is -0.400 e. The molecule has 0 aliphatic carbocycles. The number of anilines is 5. The van der Waals surface area contributed by atoms with Crippen molar-refractivity contribution in [3.05, 3.63) is 104 Å². The van der Waals surface area contributed by atoms with Crippen LogP contribution in [-0.4, -0.2) is 103 Å². The molecule has 11 N–H and O–H groups in total. The van der Waals surface area contributed by atoms with Gasteiger partial charge in [-0.25, -0.2) is 25.6 Å². The molecule has 0 bridgehead atoms. The van der Waals surface area contributed by atoms with E-state index in [2.05, 4.69) is 10.6 Å². The van der Waals surface area contributed by atoms with E-state index in [9.17, 15) is 55.5 Å². The summed E-state index contributed by atoms with van der Waals surface area (Å²) in [6.07, 6.45) is -0.180. The Morgan fingerprint density at radius 2 is 1.06 bits per heavy atom. The molecule has 2 heterocycles. The van der Waals surface area contributed by atoms with Gasteiger partial charge in [0.05, 0.1) is 38.6 Å². The van der Waals surface area contributed by atoms with E-state index in [-0.39, 0.29) is 87.8 Å². The van der Waals surface area contributed by atoms with E-state index < -0.39 is 76.9 Å². The second-order valence-corrected chi connectivity index (χ2v) is 18.2. The lowest BCUT2D eigenvalue weighted by Crippen LogP contribution is -2.40. The molecular formula is C37H42Cl2F2N8O11S2. The highest BCUT2D eigenvalue weighted by atomic mass is 35.5. The molecule has 2 aliphatic heterocycles. The van der Waals surface area contributed by atoms with Crippen LogP contribution in [0, 0.1) is 21.7 Å². The van der Waals surface area contributed by atoms with Crippen LogP contribution in [0.15, 0.2) is 70.5 Å². The van der Waals surface area contributed by atoms with Crippen molar-refractivity contribution in [2.24, 2.45) is 0 Å². The van der Waals surface area contributed by atoms with Crippen molar-refractivity contribution in [1.29, 1.82) is 0 Å². The molecule has 0 aromatic heterocycles. The van der Waals surface area contributed by atoms with Crippen molar-refractivity contribution in [2.75, 3.05) is 61.1 Å². The third kappa shape index (κ3) is 11.6. The molecule has 0 radical (unpaired) electrons. The zero-order valence-corrected chi connectivity index (χ0v) is 35.7. The maximum atomic E-state index is 13.3. The van der Waals surface area contributed by atoms with Crippen LogP contribution in [0.25, 0.3) is 0 Å². The van der Waals surface area contributed by atoms with Gasteiger partial charge in [-0.1, -0.05) is 23.2 Å². The highest BCUT2D eigenvalue weighted by molar-refractivity contribution is 7.89. The monoisotopic (exact) mass is 946 g/mol. The van der Waals surface area contributed by atoms with E-state index in [1.807, 2.05) is 0 Å². The number of rotatable bonds is 9. The first-order chi connectivity index (χ1) is 29.1. The smallest absolute Gasteiger partial charge is 0.294 e. The number of nitrogens with one attached hydrogen (secondary N) is 2. The van der Waals surface area contributed by atoms with Crippen LogP contribution < -0.4 is 27.8 Å². The standard InChI is InChI=1S/C18H18ClFN4O6S.C18H20ClFN4O4S.CH4O/c19-13-9-11(1-2-14(13)20)22-18(26)10-7-15(24(27)28)17(21)16(8-10)31(29,30)23-5-3-12(25)4-6-23;19-13-9-11(1-2-14(13)20)23-18(26)10-7-15(21)17(22)16(8-10)29(27,28)24-5-3-12(25)4-6-24;1-2/h1-2,7-9,12,25H,3-6,21H2,(H,22,26);1-2,7-9,12,25H,3-6,21-22H2,(H,23,26);2H,1H3. The molecule has 0 atom stereocenters. The van der Waals surface area contributed by atoms with E-state index in [4.69, 9.17) is 45.5 Å². The van der Waals surface area contributed by atoms with Gasteiger partial charge in [0.15, 0.2) is 0 Å². The van der Waals surface area contributed by atoms with E-state index >= 15 is 0 Å². The SMILES string of the molecule is CO.Nc1c([N+](=O)[O-])cc(C(=O)Nc2ccc(F)c(Cl)c2)cc1S(=O)(=O)N1CCC(O)CC1.Nc1cc(C(=O)Nc2ccc(F)c(Cl)c2)cc(S(=O)(=O)N2CCC(O)CC2)c1N. The first kappa shape index (κ1) is 49.4. The zero-order chi connectivity index (χ0) is 46.3. The highest BCUT2D eigenvalue weighted by Crippen LogP contribution is 2.35. The molecule has 6 rings (SSSR count). The number of carbonyl (C=O) groups is 2. The largest absolute Gasteiger partial charge is 0.400 e. The van der Waals surface area contributed by atoms with Crippen LogP contribution in [0.2, 0.25) is 10.0 Å². The zero-order valence-electron chi connectivity index (χ0n) is 32.6. The predicted molar refractivity (Wildman–Crippen MR) is 228 cm³/mol. The number of hydrogen-bond acceptors (Lipinski definition) is 14. The van der Waals surface area contributed by atoms with Gasteiger partial charge < -0.3 is 43.2 Å². The van der Waals surface area contributed by atoms with Crippen molar-refractivity contribution in [2.45, 2.75) is 47.7 Å². The number of sulfonamides is 2. The van der Waals surface area contributed by atoms with Crippen molar-refractivity contribution >= 4 is 89.2 Å². The number of aliphatic hydroxyl groups is 3. The summed E-state index contributed by atoms with van der Waals surface area (Å²) in [7, 11) is -7.28. The number of nitro benzene ring substituents is 1. The number of amides is 2. The Morgan fingerprint density at radius 1 is 0.694 bits per heavy atom. The number of nitrogens with two attached hydrogens (primary N) is 3. The van der Waals surface area contributed by atoms with Gasteiger partial charge in [0.1, 0.15) is 27.1 Å². The summed E-state index contributed by atoms with van der Waals surface area (Å²) in [5, 5.41) is 42.1. The molecule has 0 spiro atoms. The van der Waals surface area contributed by atoms with Gasteiger partial charge in [0, 0.05) is 61.9 Å². The lowest BCUT2D eigenvalue weighted by atomic mass is 10.1. The van der Waals surface area contributed by atoms with Gasteiger partial charge in [-0.2, -0.15) is 8.61 Å². The number of nitrogen functional groups attached to an aromatic ring is 3. The molecule has 2 saturated heterocycles. The topological polar surface area (TPSA) is 315 Å². The molecule has 4 aromatic carbocycles. The third-order valence-electron chi connectivity index (χ3n) is 9.45. The number of nitro groups is 1. The number of benzene rings is 4. The van der Waals surface area contributed by atoms with Crippen LogP contribution in [0.4, 0.5) is 42.9 Å². The fourth-order valence-corrected chi connectivity index (χ4v) is 9.73. The molecule has 19 nitrogen and oxygen atoms in total. The summed E-state index contributed by atoms with van der Waals surface area (Å²) in [6.45, 7) is 0.267. The molecule has 2 fully saturated rings. The summed E-state index contributed by atoms with van der Waals surface area (Å²) in [4.78, 5) is 34.9. The lowest BCUT2D eigenvalue weighted by molar-refractivity contribution is -0.384. The third-order valence-corrected chi connectivity index (χ3v) is 13.9. The summed E-state index contributed by atoms with van der Waals surface area (Å²) in [5.41, 5.74) is 15.9. The van der Waals surface area contributed by atoms with Crippen LogP contribution in [0.5, 0.6) is 0 Å². The molecule has 25 heteroatoms. The normalized spacial score (nSPS) is 15.4. The Labute approximate surface area is 364 Å². The Morgan fingerprint density at radius 3 is 1.44 bits per heavy atom. The molecule has 2 aliphatic rings. The fraction of sp³-hybridized carbons (Fsp3) is 0.297. The van der Waals surface area contributed by atoms with E-state index in [0.717, 1.165) is 47.8 Å². The van der Waals surface area contributed by atoms with Gasteiger partial charge in [-0.15, -0.1) is 0 Å². The number of aliphatic hydroxyl groups excluding tert-OH is 3. The van der Waals surface area contributed by atoms with Crippen molar-refractivity contribution < 1.29 is 55.4 Å². The molecule has 4 aromatic rings. The molecular weight excluding hydrogens is 905 g/mol. The Bertz CT molecular complexity index is 2560. The summed E-state index contributed by atoms with van der Waals surface area (Å²) in [5.74, 6) is -2.88. The lowest BCUT2D eigenvalue weighted by Gasteiger charge is -2.29. The van der Waals surface area contributed by atoms with Gasteiger partial charge in [-0.3, -0.25) is 19.7 Å². The van der Waals surface area contributed by atoms with Crippen molar-refractivity contribution in [3.63, 3.8) is 0 Å². The average Bonchev–Trinajstić information content (AvgIpc) is 3.22. The number of carbonyl (C=O) groups excluding carboxylic acids is 2. The van der Waals surface area contributed by atoms with Crippen LogP contribution in [0.1, 0.15) is 46.4 Å². The van der Waals surface area contributed by atoms with Crippen LogP contribution in [-0.2, 0) is 20.0 Å². The first-order valence-electron chi connectivity index (χ1n) is 18.2. The van der Waals surface area contributed by atoms with Crippen molar-refractivity contribution in [1.82, 2.24) is 8.61 Å². The maximum Gasteiger partial charge on any atom is 0.294 e. The quantitative estimate of drug-likeness (QED) is 0.0668. The fourth-order valence-electron chi connectivity index (χ4n) is 6.10. The molecule has 336 valence electrons. The number of hydrogen-bond donors (Lipinski definition) is 8. The number of nitrogens with zero attached hydrogens (tertiary/aromatic N) is 3. The Balaban J connectivity index is 0.000000263. The van der Waals surface area contributed by atoms with Crippen molar-refractivity contribution in [3.8, 4) is 0 Å². The van der Waals surface area contributed by atoms with Gasteiger partial charge in [-0.05, 0) is 80.3 Å². The Hall–Kier alpha value is -5.24. The number of piperidine rings is 2.